The van der Waals surface area contributed by atoms with Crippen LogP contribution in [0.15, 0.2) is 206 Å². The van der Waals surface area contributed by atoms with E-state index in [0.717, 1.165) is 111 Å². The smallest absolute Gasteiger partial charge is 0.0972 e. The van der Waals surface area contributed by atoms with E-state index in [1.54, 1.807) is 0 Å². The second-order valence-corrected chi connectivity index (χ2v) is 15.4. The maximum atomic E-state index is 5.37. The summed E-state index contributed by atoms with van der Waals surface area (Å²) in [5, 5.41) is 9.00. The van der Waals surface area contributed by atoms with E-state index in [4.69, 9.17) is 19.9 Å². The van der Waals surface area contributed by atoms with Crippen LogP contribution in [0.2, 0.25) is 0 Å². The molecule has 4 heteroatoms. The van der Waals surface area contributed by atoms with Gasteiger partial charge in [0.2, 0.25) is 0 Å². The van der Waals surface area contributed by atoms with Crippen LogP contribution < -0.4 is 0 Å². The second kappa shape index (κ2) is 13.8. The number of hydrogen-bond acceptors (Lipinski definition) is 4. The molecule has 12 aromatic rings. The first kappa shape index (κ1) is 34.0. The predicted molar refractivity (Wildman–Crippen MR) is 250 cm³/mol. The molecule has 4 nitrogen and oxygen atoms in total. The quantitative estimate of drug-likeness (QED) is 0.164. The highest BCUT2D eigenvalue weighted by molar-refractivity contribution is 6.21. The summed E-state index contributed by atoms with van der Waals surface area (Å²) in [6.07, 6.45) is 0. The topological polar surface area (TPSA) is 51.6 Å². The van der Waals surface area contributed by atoms with Gasteiger partial charge in [0.05, 0.1) is 44.8 Å². The van der Waals surface area contributed by atoms with Crippen LogP contribution in [0, 0.1) is 0 Å². The average molecular weight is 763 g/mol. The van der Waals surface area contributed by atoms with E-state index in [1.807, 2.05) is 18.2 Å². The van der Waals surface area contributed by atoms with Crippen molar-refractivity contribution in [1.82, 2.24) is 19.9 Å². The van der Waals surface area contributed by atoms with Gasteiger partial charge >= 0.3 is 0 Å². The SMILES string of the molecule is c1ccc(-c2ccc3ccc4ccc(-c5cccc(-c6ccc7nc(-c8ccccc8)c8c9ccc(-c%10ccc%11ccccc%11c%10)nc9ccc8c7c6)c5)nc4c3n2)cc1. The molecule has 12 rings (SSSR count). The molecule has 0 N–H and O–H groups in total. The van der Waals surface area contributed by atoms with Crippen molar-refractivity contribution in [1.29, 1.82) is 0 Å². The van der Waals surface area contributed by atoms with Gasteiger partial charge in [-0.05, 0) is 81.9 Å². The van der Waals surface area contributed by atoms with Gasteiger partial charge in [-0.1, -0.05) is 152 Å². The second-order valence-electron chi connectivity index (χ2n) is 15.4. The Kier molecular flexibility index (Phi) is 7.82. The van der Waals surface area contributed by atoms with Crippen LogP contribution in [-0.4, -0.2) is 19.9 Å². The van der Waals surface area contributed by atoms with Crippen molar-refractivity contribution in [2.45, 2.75) is 0 Å². The van der Waals surface area contributed by atoms with E-state index in [2.05, 4.69) is 188 Å². The van der Waals surface area contributed by atoms with Crippen LogP contribution in [0.1, 0.15) is 0 Å². The maximum Gasteiger partial charge on any atom is 0.0972 e. The van der Waals surface area contributed by atoms with Crippen molar-refractivity contribution in [2.75, 3.05) is 0 Å². The Morgan fingerprint density at radius 2 is 0.767 bits per heavy atom. The van der Waals surface area contributed by atoms with E-state index in [9.17, 15) is 0 Å². The predicted octanol–water partition coefficient (Wildman–Crippen LogP) is 14.5. The Balaban J connectivity index is 0.982. The van der Waals surface area contributed by atoms with E-state index in [-0.39, 0.29) is 0 Å². The molecular formula is C56H34N4. The molecule has 0 aliphatic rings. The number of benzene rings is 8. The van der Waals surface area contributed by atoms with E-state index < -0.39 is 0 Å². The van der Waals surface area contributed by atoms with Crippen LogP contribution in [0.25, 0.3) is 121 Å². The highest BCUT2D eigenvalue weighted by Gasteiger charge is 2.17. The van der Waals surface area contributed by atoms with Crippen molar-refractivity contribution in [2.24, 2.45) is 0 Å². The molecule has 0 fully saturated rings. The Morgan fingerprint density at radius 1 is 0.250 bits per heavy atom. The van der Waals surface area contributed by atoms with Crippen molar-refractivity contribution >= 4 is 65.2 Å². The van der Waals surface area contributed by atoms with E-state index in [0.29, 0.717) is 0 Å². The first-order valence-electron chi connectivity index (χ1n) is 20.3. The number of nitrogens with zero attached hydrogens (tertiary/aromatic N) is 4. The lowest BCUT2D eigenvalue weighted by molar-refractivity contribution is 1.36. The minimum Gasteiger partial charge on any atom is -0.248 e. The summed E-state index contributed by atoms with van der Waals surface area (Å²) >= 11 is 0. The molecule has 0 bridgehead atoms. The van der Waals surface area contributed by atoms with Gasteiger partial charge in [0.25, 0.3) is 0 Å². The molecule has 0 unspecified atom stereocenters. The van der Waals surface area contributed by atoms with Gasteiger partial charge < -0.3 is 0 Å². The Hall–Kier alpha value is -8.08. The molecule has 0 amide bonds. The van der Waals surface area contributed by atoms with E-state index >= 15 is 0 Å². The van der Waals surface area contributed by atoms with Gasteiger partial charge in [-0.3, -0.25) is 0 Å². The lowest BCUT2D eigenvalue weighted by Gasteiger charge is -2.14. The Labute approximate surface area is 346 Å². The molecule has 0 saturated heterocycles. The fourth-order valence-electron chi connectivity index (χ4n) is 8.76. The normalized spacial score (nSPS) is 11.7. The number of rotatable bonds is 5. The molecule has 4 heterocycles. The van der Waals surface area contributed by atoms with E-state index in [1.165, 1.54) is 10.8 Å². The number of aromatic nitrogens is 4. The summed E-state index contributed by atoms with van der Waals surface area (Å²) in [5.41, 5.74) is 14.0. The van der Waals surface area contributed by atoms with Crippen molar-refractivity contribution < 1.29 is 0 Å². The van der Waals surface area contributed by atoms with Gasteiger partial charge in [0, 0.05) is 49.2 Å². The first-order chi connectivity index (χ1) is 29.7. The van der Waals surface area contributed by atoms with Gasteiger partial charge in [-0.15, -0.1) is 0 Å². The molecule has 8 aromatic carbocycles. The van der Waals surface area contributed by atoms with Crippen molar-refractivity contribution in [3.05, 3.63) is 206 Å². The summed E-state index contributed by atoms with van der Waals surface area (Å²) in [6.45, 7) is 0. The van der Waals surface area contributed by atoms with Gasteiger partial charge in [0.15, 0.2) is 0 Å². The molecule has 60 heavy (non-hydrogen) atoms. The van der Waals surface area contributed by atoms with Crippen molar-refractivity contribution in [3.8, 4) is 56.2 Å². The molecular weight excluding hydrogens is 729 g/mol. The largest absolute Gasteiger partial charge is 0.248 e. The minimum absolute atomic E-state index is 0.900. The first-order valence-corrected chi connectivity index (χ1v) is 20.3. The highest BCUT2D eigenvalue weighted by atomic mass is 14.8. The molecule has 0 saturated carbocycles. The lowest BCUT2D eigenvalue weighted by Crippen LogP contribution is -1.93. The van der Waals surface area contributed by atoms with Crippen LogP contribution in [-0.2, 0) is 0 Å². The zero-order chi connectivity index (χ0) is 39.6. The fraction of sp³-hybridized carbons (Fsp3) is 0. The minimum atomic E-state index is 0.900. The molecule has 0 aliphatic heterocycles. The van der Waals surface area contributed by atoms with Crippen LogP contribution in [0.4, 0.5) is 0 Å². The molecule has 0 spiro atoms. The zero-order valence-corrected chi connectivity index (χ0v) is 32.4. The number of hydrogen-bond donors (Lipinski definition) is 0. The standard InChI is InChI=1S/C56H34N4/c1-3-11-36(12-4-1)48-27-22-38-19-20-39-23-28-50(59-56(39)55(38)58-48)43-17-9-16-41(33-43)42-24-29-52-47(34-42)45-25-31-51-46(53(45)54(60-52)37-13-5-2-6-14-37)26-30-49(57-51)44-21-18-35-10-7-8-15-40(35)32-44/h1-34H. The Morgan fingerprint density at radius 3 is 1.55 bits per heavy atom. The Bertz CT molecular complexity index is 3650. The summed E-state index contributed by atoms with van der Waals surface area (Å²) in [4.78, 5) is 21.0. The van der Waals surface area contributed by atoms with Gasteiger partial charge in [-0.25, -0.2) is 19.9 Å². The molecule has 0 radical (unpaired) electrons. The average Bonchev–Trinajstić information content (AvgIpc) is 3.33. The summed E-state index contributed by atoms with van der Waals surface area (Å²) in [6, 6.07) is 72.7. The molecule has 278 valence electrons. The summed E-state index contributed by atoms with van der Waals surface area (Å²) in [7, 11) is 0. The maximum absolute atomic E-state index is 5.37. The van der Waals surface area contributed by atoms with Crippen molar-refractivity contribution in [3.63, 3.8) is 0 Å². The van der Waals surface area contributed by atoms with Gasteiger partial charge in [-0.2, -0.15) is 0 Å². The zero-order valence-electron chi connectivity index (χ0n) is 32.4. The summed E-state index contributed by atoms with van der Waals surface area (Å²) < 4.78 is 0. The monoisotopic (exact) mass is 762 g/mol. The van der Waals surface area contributed by atoms with Gasteiger partial charge in [0.1, 0.15) is 0 Å². The van der Waals surface area contributed by atoms with Crippen LogP contribution in [0.3, 0.4) is 0 Å². The summed E-state index contributed by atoms with van der Waals surface area (Å²) in [5.74, 6) is 0. The molecule has 0 aliphatic carbocycles. The fourth-order valence-corrected chi connectivity index (χ4v) is 8.76. The lowest BCUT2D eigenvalue weighted by atomic mass is 9.94. The van der Waals surface area contributed by atoms with Crippen LogP contribution >= 0.6 is 0 Å². The highest BCUT2D eigenvalue weighted by Crippen LogP contribution is 2.40. The third-order valence-electron chi connectivity index (χ3n) is 11.8. The van der Waals surface area contributed by atoms with Crippen LogP contribution in [0.5, 0.6) is 0 Å². The molecule has 4 aromatic heterocycles. The third-order valence-corrected chi connectivity index (χ3v) is 11.8. The number of fused-ring (bicyclic) bond motifs is 9. The molecule has 0 atom stereocenters. The number of pyridine rings is 4. The third kappa shape index (κ3) is 5.77.